The van der Waals surface area contributed by atoms with Crippen LogP contribution in [0.4, 0.5) is 0 Å². The van der Waals surface area contributed by atoms with Crippen LogP contribution in [0.3, 0.4) is 0 Å². The molecule has 8 heteroatoms. The normalized spacial score (nSPS) is 31.4. The monoisotopic (exact) mass is 566 g/mol. The predicted octanol–water partition coefficient (Wildman–Crippen LogP) is 3.92. The van der Waals surface area contributed by atoms with Gasteiger partial charge in [0.15, 0.2) is 0 Å². The van der Waals surface area contributed by atoms with Crippen molar-refractivity contribution in [2.24, 2.45) is 17.8 Å². The summed E-state index contributed by atoms with van der Waals surface area (Å²) in [6, 6.07) is 7.86. The Labute approximate surface area is 244 Å². The lowest BCUT2D eigenvalue weighted by atomic mass is 9.62. The molecule has 1 aromatic carbocycles. The summed E-state index contributed by atoms with van der Waals surface area (Å²) in [6.07, 6.45) is 6.37. The fourth-order valence-corrected chi connectivity index (χ4v) is 7.53. The number of esters is 1. The van der Waals surface area contributed by atoms with Gasteiger partial charge in [0.2, 0.25) is 11.8 Å². The Kier molecular flexibility index (Phi) is 9.44. The third kappa shape index (κ3) is 5.25. The number of carbonyl (C=O) groups excluding carboxylic acids is 3. The molecule has 4 rings (SSSR count). The second kappa shape index (κ2) is 12.5. The number of benzene rings is 1. The zero-order valence-electron chi connectivity index (χ0n) is 25.0. The van der Waals surface area contributed by atoms with Gasteiger partial charge in [0, 0.05) is 12.6 Å². The van der Waals surface area contributed by atoms with Crippen LogP contribution in [-0.4, -0.2) is 81.8 Å². The molecule has 3 aliphatic rings. The Morgan fingerprint density at radius 2 is 1.98 bits per heavy atom. The van der Waals surface area contributed by atoms with Gasteiger partial charge in [0.1, 0.15) is 17.6 Å². The summed E-state index contributed by atoms with van der Waals surface area (Å²) in [4.78, 5) is 46.2. The van der Waals surface area contributed by atoms with Gasteiger partial charge in [-0.15, -0.1) is 13.2 Å². The average Bonchev–Trinajstić information content (AvgIpc) is 3.47. The molecule has 41 heavy (non-hydrogen) atoms. The molecule has 224 valence electrons. The molecule has 3 heterocycles. The number of ether oxygens (including phenoxy) is 2. The molecule has 0 aromatic heterocycles. The topological polar surface area (TPSA) is 96.4 Å². The number of fused-ring (bicyclic) bond motifs is 1. The molecular formula is C33H46N2O6. The van der Waals surface area contributed by atoms with E-state index in [0.717, 1.165) is 18.4 Å². The van der Waals surface area contributed by atoms with Crippen LogP contribution in [0.1, 0.15) is 58.9 Å². The number of likely N-dealkylation sites (tertiary alicyclic amines) is 1. The van der Waals surface area contributed by atoms with Gasteiger partial charge in [-0.25, -0.2) is 0 Å². The van der Waals surface area contributed by atoms with Crippen LogP contribution in [0, 0.1) is 17.8 Å². The second-order valence-electron chi connectivity index (χ2n) is 12.1. The first-order chi connectivity index (χ1) is 19.6. The van der Waals surface area contributed by atoms with Crippen molar-refractivity contribution >= 4 is 17.8 Å². The van der Waals surface area contributed by atoms with Crippen LogP contribution in [0.25, 0.3) is 0 Å². The van der Waals surface area contributed by atoms with E-state index in [-0.39, 0.29) is 37.0 Å². The summed E-state index contributed by atoms with van der Waals surface area (Å²) in [5.74, 6) is -2.89. The SMILES string of the molecule is C=CCCOC(=O)[C@@H]1[C@H]2C(=O)N([C@@H](CO)Cc3ccccc3)C(C(=O)N(CC=C)C(C)CCC)C23CC(C)[C@@]1(C)O3. The van der Waals surface area contributed by atoms with Crippen molar-refractivity contribution in [2.45, 2.75) is 89.1 Å². The van der Waals surface area contributed by atoms with Crippen molar-refractivity contribution in [3.8, 4) is 0 Å². The van der Waals surface area contributed by atoms with Crippen LogP contribution in [-0.2, 0) is 30.3 Å². The first-order valence-electron chi connectivity index (χ1n) is 15.0. The summed E-state index contributed by atoms with van der Waals surface area (Å²) in [5.41, 5.74) is -1.23. The van der Waals surface area contributed by atoms with Gasteiger partial charge in [-0.2, -0.15) is 0 Å². The van der Waals surface area contributed by atoms with Crippen molar-refractivity contribution in [1.82, 2.24) is 9.80 Å². The van der Waals surface area contributed by atoms with E-state index >= 15 is 0 Å². The maximum atomic E-state index is 14.7. The number of rotatable bonds is 14. The number of hydrogen-bond donors (Lipinski definition) is 1. The van der Waals surface area contributed by atoms with E-state index < -0.39 is 41.1 Å². The van der Waals surface area contributed by atoms with E-state index in [1.807, 2.05) is 51.1 Å². The molecule has 0 aliphatic carbocycles. The van der Waals surface area contributed by atoms with Crippen LogP contribution in [0.15, 0.2) is 55.6 Å². The minimum Gasteiger partial charge on any atom is -0.465 e. The average molecular weight is 567 g/mol. The lowest BCUT2D eigenvalue weighted by molar-refractivity contribution is -0.164. The summed E-state index contributed by atoms with van der Waals surface area (Å²) >= 11 is 0. The molecule has 4 unspecified atom stereocenters. The summed E-state index contributed by atoms with van der Waals surface area (Å²) in [5, 5.41) is 10.7. The molecule has 8 nitrogen and oxygen atoms in total. The van der Waals surface area contributed by atoms with Crippen molar-refractivity contribution in [3.63, 3.8) is 0 Å². The van der Waals surface area contributed by atoms with Crippen molar-refractivity contribution < 1.29 is 29.0 Å². The van der Waals surface area contributed by atoms with Crippen LogP contribution < -0.4 is 0 Å². The van der Waals surface area contributed by atoms with E-state index in [4.69, 9.17) is 9.47 Å². The number of aliphatic hydroxyl groups is 1. The minimum absolute atomic E-state index is 0.0918. The van der Waals surface area contributed by atoms with Crippen LogP contribution in [0.5, 0.6) is 0 Å². The highest BCUT2D eigenvalue weighted by Gasteiger charge is 2.80. The summed E-state index contributed by atoms with van der Waals surface area (Å²) < 4.78 is 12.5. The first kappa shape index (κ1) is 31.0. The minimum atomic E-state index is -1.21. The molecule has 3 fully saturated rings. The molecule has 1 aromatic rings. The quantitative estimate of drug-likeness (QED) is 0.208. The standard InChI is InChI=1S/C33H46N2O6/c1-7-10-18-40-31(39)27-26-29(37)35(25(21-36)19-24-15-12-11-13-16-24)28(33(26)20-22(4)32(27,6)41-33)30(38)34(17-9-3)23(5)14-8-2/h7,9,11-13,15-16,22-23,25-28,36H,1,3,8,10,14,17-21H2,2,4-6H3/t22?,23?,25-,26+,27+,28?,32-,33?/m1/s1. The van der Waals surface area contributed by atoms with E-state index in [1.165, 1.54) is 0 Å². The van der Waals surface area contributed by atoms with Gasteiger partial charge in [-0.05, 0) is 51.0 Å². The Morgan fingerprint density at radius 1 is 1.27 bits per heavy atom. The molecule has 0 radical (unpaired) electrons. The maximum Gasteiger partial charge on any atom is 0.312 e. The van der Waals surface area contributed by atoms with Gasteiger partial charge in [-0.1, -0.05) is 62.8 Å². The zero-order chi connectivity index (χ0) is 29.9. The Hall–Kier alpha value is -2.97. The van der Waals surface area contributed by atoms with Crippen molar-refractivity contribution in [1.29, 1.82) is 0 Å². The smallest absolute Gasteiger partial charge is 0.312 e. The van der Waals surface area contributed by atoms with Crippen LogP contribution in [0.2, 0.25) is 0 Å². The lowest BCUT2D eigenvalue weighted by Gasteiger charge is -2.41. The second-order valence-corrected chi connectivity index (χ2v) is 12.1. The van der Waals surface area contributed by atoms with Gasteiger partial charge in [0.25, 0.3) is 0 Å². The highest BCUT2D eigenvalue weighted by Crippen LogP contribution is 2.65. The van der Waals surface area contributed by atoms with E-state index in [1.54, 1.807) is 22.0 Å². The van der Waals surface area contributed by atoms with E-state index in [2.05, 4.69) is 20.1 Å². The Balaban J connectivity index is 1.83. The predicted molar refractivity (Wildman–Crippen MR) is 157 cm³/mol. The highest BCUT2D eigenvalue weighted by atomic mass is 16.6. The number of hydrogen-bond acceptors (Lipinski definition) is 6. The molecule has 8 atom stereocenters. The fourth-order valence-electron chi connectivity index (χ4n) is 7.53. The first-order valence-corrected chi connectivity index (χ1v) is 15.0. The third-order valence-corrected chi connectivity index (χ3v) is 9.57. The largest absolute Gasteiger partial charge is 0.465 e. The Bertz CT molecular complexity index is 1140. The molecule has 1 N–H and O–H groups in total. The number of aliphatic hydroxyl groups excluding tert-OH is 1. The molecule has 0 saturated carbocycles. The third-order valence-electron chi connectivity index (χ3n) is 9.57. The van der Waals surface area contributed by atoms with E-state index in [9.17, 15) is 19.5 Å². The van der Waals surface area contributed by atoms with Gasteiger partial charge < -0.3 is 24.4 Å². The maximum absolute atomic E-state index is 14.7. The molecule has 2 amide bonds. The van der Waals surface area contributed by atoms with Gasteiger partial charge in [-0.3, -0.25) is 14.4 Å². The molecule has 2 bridgehead atoms. The highest BCUT2D eigenvalue weighted by molar-refractivity contribution is 5.99. The summed E-state index contributed by atoms with van der Waals surface area (Å²) in [7, 11) is 0. The number of amides is 2. The van der Waals surface area contributed by atoms with Crippen molar-refractivity contribution in [3.05, 3.63) is 61.2 Å². The molecule has 3 saturated heterocycles. The van der Waals surface area contributed by atoms with Crippen molar-refractivity contribution in [2.75, 3.05) is 19.8 Å². The fraction of sp³-hybridized carbons (Fsp3) is 0.606. The van der Waals surface area contributed by atoms with Crippen LogP contribution >= 0.6 is 0 Å². The lowest BCUT2D eigenvalue weighted by Crippen LogP contribution is -2.60. The number of nitrogens with zero attached hydrogens (tertiary/aromatic N) is 2. The summed E-state index contributed by atoms with van der Waals surface area (Å²) in [6.45, 7) is 15.7. The number of carbonyl (C=O) groups is 3. The molecular weight excluding hydrogens is 520 g/mol. The molecule has 3 aliphatic heterocycles. The Morgan fingerprint density at radius 3 is 2.59 bits per heavy atom. The van der Waals surface area contributed by atoms with Gasteiger partial charge >= 0.3 is 5.97 Å². The zero-order valence-corrected chi connectivity index (χ0v) is 25.0. The van der Waals surface area contributed by atoms with Gasteiger partial charge in [0.05, 0.1) is 30.8 Å². The van der Waals surface area contributed by atoms with E-state index in [0.29, 0.717) is 25.8 Å². The molecule has 1 spiro atoms.